The quantitative estimate of drug-likeness (QED) is 0.728. The lowest BCUT2D eigenvalue weighted by Crippen LogP contribution is -2.41. The highest BCUT2D eigenvalue weighted by atomic mass is 79.9. The lowest BCUT2D eigenvalue weighted by Gasteiger charge is -2.32. The van der Waals surface area contributed by atoms with Crippen LogP contribution < -0.4 is 4.78 Å². The van der Waals surface area contributed by atoms with Crippen LogP contribution in [0.5, 0.6) is 0 Å². The van der Waals surface area contributed by atoms with Gasteiger partial charge in [0.1, 0.15) is 4.60 Å². The second-order valence-corrected chi connectivity index (χ2v) is 8.94. The molecule has 1 aromatic rings. The van der Waals surface area contributed by atoms with Crippen molar-refractivity contribution in [2.75, 3.05) is 0 Å². The van der Waals surface area contributed by atoms with Crippen LogP contribution in [0, 0.1) is 0 Å². The monoisotopic (exact) mass is 371 g/mol. The van der Waals surface area contributed by atoms with Crippen molar-refractivity contribution in [2.24, 2.45) is 0 Å². The van der Waals surface area contributed by atoms with Gasteiger partial charge in [0.15, 0.2) is 0 Å². The van der Waals surface area contributed by atoms with Gasteiger partial charge in [-0.3, -0.25) is 0 Å². The fourth-order valence-electron chi connectivity index (χ4n) is 2.95. The number of nitrogens with zero attached hydrogens (tertiary/aromatic N) is 1. The summed E-state index contributed by atoms with van der Waals surface area (Å²) in [4.78, 5) is 4.75. The minimum Gasteiger partial charge on any atom is -0.399 e. The zero-order chi connectivity index (χ0) is 15.3. The fraction of sp³-hybridized carbons (Fsp3) is 0.800. The molecule has 0 N–H and O–H groups in total. The van der Waals surface area contributed by atoms with Gasteiger partial charge in [-0.2, -0.15) is 0 Å². The molecule has 2 fully saturated rings. The van der Waals surface area contributed by atoms with Crippen molar-refractivity contribution in [3.05, 3.63) is 9.61 Å². The maximum absolute atomic E-state index is 6.15. The van der Waals surface area contributed by atoms with Crippen LogP contribution in [0.4, 0.5) is 0 Å². The van der Waals surface area contributed by atoms with E-state index in [0.29, 0.717) is 5.92 Å². The summed E-state index contributed by atoms with van der Waals surface area (Å²) in [5, 5.41) is 1.24. The summed E-state index contributed by atoms with van der Waals surface area (Å²) in [6.45, 7) is 8.35. The molecule has 2 aliphatic rings. The number of rotatable bonds is 2. The summed E-state index contributed by atoms with van der Waals surface area (Å²) in [7, 11) is -0.306. The van der Waals surface area contributed by atoms with Crippen molar-refractivity contribution in [1.29, 1.82) is 0 Å². The number of hydrogen-bond donors (Lipinski definition) is 0. The van der Waals surface area contributed by atoms with E-state index in [0.717, 1.165) is 9.38 Å². The molecular weight excluding hydrogens is 349 g/mol. The average Bonchev–Trinajstić information content (AvgIpc) is 2.89. The van der Waals surface area contributed by atoms with Gasteiger partial charge in [0.25, 0.3) is 0 Å². The van der Waals surface area contributed by atoms with Crippen molar-refractivity contribution >= 4 is 39.2 Å². The van der Waals surface area contributed by atoms with Crippen LogP contribution in [-0.2, 0) is 9.31 Å². The third-order valence-electron chi connectivity index (χ3n) is 5.05. The molecule has 3 nitrogen and oxygen atoms in total. The summed E-state index contributed by atoms with van der Waals surface area (Å²) in [6, 6.07) is 0. The van der Waals surface area contributed by atoms with E-state index < -0.39 is 0 Å². The van der Waals surface area contributed by atoms with Crippen LogP contribution in [0.15, 0.2) is 4.60 Å². The molecule has 3 rings (SSSR count). The van der Waals surface area contributed by atoms with Gasteiger partial charge in [0, 0.05) is 5.92 Å². The highest BCUT2D eigenvalue weighted by Crippen LogP contribution is 2.39. The van der Waals surface area contributed by atoms with E-state index in [-0.39, 0.29) is 18.3 Å². The summed E-state index contributed by atoms with van der Waals surface area (Å²) in [6.07, 6.45) is 6.56. The lowest BCUT2D eigenvalue weighted by molar-refractivity contribution is 0.00578. The van der Waals surface area contributed by atoms with E-state index in [9.17, 15) is 0 Å². The predicted molar refractivity (Wildman–Crippen MR) is 91.4 cm³/mol. The van der Waals surface area contributed by atoms with Gasteiger partial charge in [0.2, 0.25) is 0 Å². The molecule has 0 amide bonds. The van der Waals surface area contributed by atoms with Gasteiger partial charge < -0.3 is 9.31 Å². The van der Waals surface area contributed by atoms with Gasteiger partial charge in [-0.1, -0.05) is 19.3 Å². The maximum atomic E-state index is 6.15. The Morgan fingerprint density at radius 2 is 1.67 bits per heavy atom. The number of aromatic nitrogens is 1. The summed E-state index contributed by atoms with van der Waals surface area (Å²) >= 11 is 5.36. The molecule has 0 bridgehead atoms. The second kappa shape index (κ2) is 5.62. The smallest absolute Gasteiger partial charge is 0.399 e. The third kappa shape index (κ3) is 2.97. The summed E-state index contributed by atoms with van der Waals surface area (Å²) in [5.41, 5.74) is -0.599. The van der Waals surface area contributed by atoms with E-state index in [1.54, 1.807) is 11.3 Å². The highest BCUT2D eigenvalue weighted by Gasteiger charge is 2.53. The first-order valence-corrected chi connectivity index (χ1v) is 9.43. The first-order valence-electron chi connectivity index (χ1n) is 7.82. The Hall–Kier alpha value is 0.0949. The summed E-state index contributed by atoms with van der Waals surface area (Å²) in [5.74, 6) is 0.622. The second-order valence-electron chi connectivity index (χ2n) is 7.13. The van der Waals surface area contributed by atoms with E-state index in [1.807, 2.05) is 0 Å². The molecule has 1 aromatic heterocycles. The molecule has 1 saturated carbocycles. The Morgan fingerprint density at radius 3 is 2.24 bits per heavy atom. The third-order valence-corrected chi connectivity index (χ3v) is 7.15. The Bertz CT molecular complexity index is 510. The molecule has 0 spiro atoms. The molecular formula is C15H23BBrNO2S. The van der Waals surface area contributed by atoms with E-state index in [1.165, 1.54) is 37.1 Å². The van der Waals surface area contributed by atoms with Crippen molar-refractivity contribution in [3.63, 3.8) is 0 Å². The fourth-order valence-corrected chi connectivity index (χ4v) is 4.77. The highest BCUT2D eigenvalue weighted by molar-refractivity contribution is 9.10. The van der Waals surface area contributed by atoms with Gasteiger partial charge >= 0.3 is 7.12 Å². The summed E-state index contributed by atoms with van der Waals surface area (Å²) < 4.78 is 14.3. The van der Waals surface area contributed by atoms with Crippen molar-refractivity contribution in [3.8, 4) is 0 Å². The first kappa shape index (κ1) is 16.0. The standard InChI is InChI=1S/C15H23BBrNO2S/c1-14(2)15(3,4)20-16(19-14)11-12(17)18-13(21-11)10-8-6-5-7-9-10/h10H,5-9H2,1-4H3. The SMILES string of the molecule is CC1(C)OB(c2sc(C3CCCCC3)nc2Br)OC1(C)C. The van der Waals surface area contributed by atoms with Crippen LogP contribution in [0.2, 0.25) is 0 Å². The normalized spacial score (nSPS) is 25.5. The Balaban J connectivity index is 1.82. The Kier molecular flexibility index (Phi) is 4.28. The number of hydrogen-bond acceptors (Lipinski definition) is 4. The van der Waals surface area contributed by atoms with Crippen LogP contribution in [0.3, 0.4) is 0 Å². The molecule has 2 heterocycles. The Morgan fingerprint density at radius 1 is 1.10 bits per heavy atom. The molecule has 0 unspecified atom stereocenters. The number of thiazole rings is 1. The largest absolute Gasteiger partial charge is 0.508 e. The molecule has 1 aliphatic carbocycles. The molecule has 0 radical (unpaired) electrons. The topological polar surface area (TPSA) is 31.4 Å². The van der Waals surface area contributed by atoms with Crippen LogP contribution in [0.25, 0.3) is 0 Å². The average molecular weight is 372 g/mol. The zero-order valence-electron chi connectivity index (χ0n) is 13.2. The molecule has 0 atom stereocenters. The molecule has 21 heavy (non-hydrogen) atoms. The van der Waals surface area contributed by atoms with E-state index in [2.05, 4.69) is 43.6 Å². The van der Waals surface area contributed by atoms with Crippen molar-refractivity contribution in [2.45, 2.75) is 76.9 Å². The molecule has 6 heteroatoms. The first-order chi connectivity index (χ1) is 9.80. The van der Waals surface area contributed by atoms with Gasteiger partial charge in [-0.15, -0.1) is 11.3 Å². The molecule has 1 saturated heterocycles. The van der Waals surface area contributed by atoms with Crippen LogP contribution in [-0.4, -0.2) is 23.3 Å². The number of halogens is 1. The van der Waals surface area contributed by atoms with Gasteiger partial charge in [0.05, 0.1) is 21.0 Å². The minimum atomic E-state index is -0.306. The molecule has 1 aliphatic heterocycles. The van der Waals surface area contributed by atoms with E-state index in [4.69, 9.17) is 14.3 Å². The minimum absolute atomic E-state index is 0.300. The van der Waals surface area contributed by atoms with Crippen molar-refractivity contribution in [1.82, 2.24) is 4.98 Å². The molecule has 116 valence electrons. The predicted octanol–water partition coefficient (Wildman–Crippen LogP) is 4.25. The molecule has 0 aromatic carbocycles. The van der Waals surface area contributed by atoms with Crippen molar-refractivity contribution < 1.29 is 9.31 Å². The van der Waals surface area contributed by atoms with Gasteiger partial charge in [-0.25, -0.2) is 4.98 Å². The van der Waals surface area contributed by atoms with Gasteiger partial charge in [-0.05, 0) is 56.5 Å². The van der Waals surface area contributed by atoms with E-state index >= 15 is 0 Å². The maximum Gasteiger partial charge on any atom is 0.508 e. The Labute approximate surface area is 140 Å². The lowest BCUT2D eigenvalue weighted by atomic mass is 9.89. The van der Waals surface area contributed by atoms with Crippen LogP contribution in [0.1, 0.15) is 70.7 Å². The van der Waals surface area contributed by atoms with Crippen LogP contribution >= 0.6 is 27.3 Å². The zero-order valence-corrected chi connectivity index (χ0v) is 15.6.